The summed E-state index contributed by atoms with van der Waals surface area (Å²) >= 11 is 0. The first-order valence-electron chi connectivity index (χ1n) is 8.22. The van der Waals surface area contributed by atoms with Crippen LogP contribution in [-0.2, 0) is 4.79 Å². The minimum Gasteiger partial charge on any atom is -0.366 e. The van der Waals surface area contributed by atoms with Crippen LogP contribution in [0.1, 0.15) is 34.8 Å². The number of carbonyl (C=O) groups is 2. The standard InChI is InChI=1S/C19H20FN3O2/c20-15-5-1-13(2-6-15)17-9-11-23(17)12-10-18(24)22-16-7-3-14(4-8-16)19(21)25/h1-8,17H,9-12H2,(H2,21,25)(H,22,24)/t17-/m0/s1. The van der Waals surface area contributed by atoms with Crippen molar-refractivity contribution < 1.29 is 14.0 Å². The molecule has 0 aliphatic carbocycles. The lowest BCUT2D eigenvalue weighted by molar-refractivity contribution is -0.117. The predicted molar refractivity (Wildman–Crippen MR) is 93.5 cm³/mol. The van der Waals surface area contributed by atoms with Crippen LogP contribution in [0.3, 0.4) is 0 Å². The summed E-state index contributed by atoms with van der Waals surface area (Å²) in [5, 5.41) is 2.81. The molecule has 1 aliphatic heterocycles. The summed E-state index contributed by atoms with van der Waals surface area (Å²) in [4.78, 5) is 25.3. The van der Waals surface area contributed by atoms with Gasteiger partial charge in [0.05, 0.1) is 0 Å². The molecule has 1 saturated heterocycles. The molecule has 0 bridgehead atoms. The Morgan fingerprint density at radius 2 is 1.80 bits per heavy atom. The highest BCUT2D eigenvalue weighted by Gasteiger charge is 2.29. The van der Waals surface area contributed by atoms with E-state index in [1.54, 1.807) is 36.4 Å². The molecule has 6 heteroatoms. The van der Waals surface area contributed by atoms with Crippen molar-refractivity contribution in [1.82, 2.24) is 4.90 Å². The molecular weight excluding hydrogens is 321 g/mol. The number of hydrogen-bond acceptors (Lipinski definition) is 3. The maximum atomic E-state index is 13.0. The van der Waals surface area contributed by atoms with Gasteiger partial charge in [-0.1, -0.05) is 12.1 Å². The van der Waals surface area contributed by atoms with Crippen molar-refractivity contribution in [3.05, 3.63) is 65.5 Å². The lowest BCUT2D eigenvalue weighted by Gasteiger charge is -2.41. The Balaban J connectivity index is 1.49. The van der Waals surface area contributed by atoms with Crippen LogP contribution in [0.5, 0.6) is 0 Å². The average molecular weight is 341 g/mol. The van der Waals surface area contributed by atoms with Crippen LogP contribution >= 0.6 is 0 Å². The van der Waals surface area contributed by atoms with Crippen molar-refractivity contribution in [3.8, 4) is 0 Å². The smallest absolute Gasteiger partial charge is 0.248 e. The number of nitrogens with one attached hydrogen (secondary N) is 1. The Hall–Kier alpha value is -2.73. The molecule has 0 aromatic heterocycles. The van der Waals surface area contributed by atoms with Crippen molar-refractivity contribution in [2.45, 2.75) is 18.9 Å². The molecule has 5 nitrogen and oxygen atoms in total. The van der Waals surface area contributed by atoms with Gasteiger partial charge in [0.15, 0.2) is 0 Å². The summed E-state index contributed by atoms with van der Waals surface area (Å²) in [6, 6.07) is 13.3. The number of hydrogen-bond donors (Lipinski definition) is 2. The number of anilines is 1. The number of amides is 2. The maximum absolute atomic E-state index is 13.0. The van der Waals surface area contributed by atoms with E-state index >= 15 is 0 Å². The number of carbonyl (C=O) groups excluding carboxylic acids is 2. The van der Waals surface area contributed by atoms with Gasteiger partial charge in [-0.25, -0.2) is 4.39 Å². The molecule has 3 N–H and O–H groups in total. The van der Waals surface area contributed by atoms with Crippen molar-refractivity contribution in [3.63, 3.8) is 0 Å². The quantitative estimate of drug-likeness (QED) is 0.848. The molecule has 2 amide bonds. The molecule has 1 atom stereocenters. The molecule has 1 fully saturated rings. The van der Waals surface area contributed by atoms with E-state index in [4.69, 9.17) is 5.73 Å². The first-order chi connectivity index (χ1) is 12.0. The molecule has 3 rings (SSSR count). The molecule has 2 aromatic rings. The second-order valence-electron chi connectivity index (χ2n) is 6.13. The molecule has 130 valence electrons. The number of rotatable bonds is 6. The van der Waals surface area contributed by atoms with Gasteiger partial charge >= 0.3 is 0 Å². The van der Waals surface area contributed by atoms with Crippen LogP contribution in [0.4, 0.5) is 10.1 Å². The van der Waals surface area contributed by atoms with Crippen LogP contribution in [0.15, 0.2) is 48.5 Å². The van der Waals surface area contributed by atoms with E-state index in [1.165, 1.54) is 12.1 Å². The Morgan fingerprint density at radius 1 is 1.12 bits per heavy atom. The monoisotopic (exact) mass is 341 g/mol. The largest absolute Gasteiger partial charge is 0.366 e. The van der Waals surface area contributed by atoms with Crippen molar-refractivity contribution in [1.29, 1.82) is 0 Å². The van der Waals surface area contributed by atoms with E-state index in [1.807, 2.05) is 0 Å². The molecule has 0 radical (unpaired) electrons. The molecule has 1 heterocycles. The zero-order valence-corrected chi connectivity index (χ0v) is 13.7. The van der Waals surface area contributed by atoms with Gasteiger partial charge in [0.25, 0.3) is 0 Å². The highest BCUT2D eigenvalue weighted by atomic mass is 19.1. The number of likely N-dealkylation sites (tertiary alicyclic amines) is 1. The van der Waals surface area contributed by atoms with E-state index < -0.39 is 5.91 Å². The van der Waals surface area contributed by atoms with Crippen LogP contribution in [-0.4, -0.2) is 29.8 Å². The molecular formula is C19H20FN3O2. The van der Waals surface area contributed by atoms with Crippen molar-refractivity contribution in [2.75, 3.05) is 18.4 Å². The third-order valence-electron chi connectivity index (χ3n) is 4.46. The normalized spacial score (nSPS) is 16.9. The third-order valence-corrected chi connectivity index (χ3v) is 4.46. The number of primary amides is 1. The zero-order valence-electron chi connectivity index (χ0n) is 13.7. The van der Waals surface area contributed by atoms with Crippen LogP contribution in [0.25, 0.3) is 0 Å². The number of nitrogens with zero attached hydrogens (tertiary/aromatic N) is 1. The minimum atomic E-state index is -0.498. The van der Waals surface area contributed by atoms with E-state index in [0.29, 0.717) is 24.2 Å². The summed E-state index contributed by atoms with van der Waals surface area (Å²) in [6.45, 7) is 1.58. The lowest BCUT2D eigenvalue weighted by Crippen LogP contribution is -2.42. The number of nitrogens with two attached hydrogens (primary N) is 1. The fourth-order valence-corrected chi connectivity index (χ4v) is 2.96. The summed E-state index contributed by atoms with van der Waals surface area (Å²) in [5.74, 6) is -0.824. The van der Waals surface area contributed by atoms with Gasteiger partial charge in [-0.05, 0) is 48.4 Å². The minimum absolute atomic E-state index is 0.0865. The van der Waals surface area contributed by atoms with E-state index in [2.05, 4.69) is 10.2 Å². The third kappa shape index (κ3) is 4.22. The van der Waals surface area contributed by atoms with Crippen LogP contribution < -0.4 is 11.1 Å². The van der Waals surface area contributed by atoms with Gasteiger partial charge in [0.2, 0.25) is 11.8 Å². The van der Waals surface area contributed by atoms with E-state index in [9.17, 15) is 14.0 Å². The first kappa shape index (κ1) is 17.1. The molecule has 25 heavy (non-hydrogen) atoms. The summed E-state index contributed by atoms with van der Waals surface area (Å²) in [7, 11) is 0. The second-order valence-corrected chi connectivity index (χ2v) is 6.13. The molecule has 1 aliphatic rings. The maximum Gasteiger partial charge on any atom is 0.248 e. The highest BCUT2D eigenvalue weighted by Crippen LogP contribution is 2.33. The average Bonchev–Trinajstić information content (AvgIpc) is 2.56. The van der Waals surface area contributed by atoms with Crippen molar-refractivity contribution >= 4 is 17.5 Å². The zero-order chi connectivity index (χ0) is 17.8. The SMILES string of the molecule is NC(=O)c1ccc(NC(=O)CCN2CC[C@H]2c2ccc(F)cc2)cc1. The van der Waals surface area contributed by atoms with Gasteiger partial charge in [0, 0.05) is 36.8 Å². The van der Waals surface area contributed by atoms with Crippen LogP contribution in [0.2, 0.25) is 0 Å². The number of benzene rings is 2. The second kappa shape index (κ2) is 7.44. The molecule has 2 aromatic carbocycles. The van der Waals surface area contributed by atoms with Gasteiger partial charge in [-0.2, -0.15) is 0 Å². The van der Waals surface area contributed by atoms with Crippen LogP contribution in [0, 0.1) is 5.82 Å². The van der Waals surface area contributed by atoms with Crippen molar-refractivity contribution in [2.24, 2.45) is 5.73 Å². The Morgan fingerprint density at radius 3 is 2.36 bits per heavy atom. The van der Waals surface area contributed by atoms with E-state index in [-0.39, 0.29) is 17.8 Å². The molecule has 0 saturated carbocycles. The number of halogens is 1. The molecule has 0 spiro atoms. The fourth-order valence-electron chi connectivity index (χ4n) is 2.96. The summed E-state index contributed by atoms with van der Waals surface area (Å²) in [5.41, 5.74) is 7.30. The van der Waals surface area contributed by atoms with Gasteiger partial charge in [0.1, 0.15) is 5.82 Å². The molecule has 0 unspecified atom stereocenters. The Kier molecular flexibility index (Phi) is 5.09. The Bertz CT molecular complexity index is 759. The van der Waals surface area contributed by atoms with Gasteiger partial charge in [-0.15, -0.1) is 0 Å². The highest BCUT2D eigenvalue weighted by molar-refractivity contribution is 5.94. The van der Waals surface area contributed by atoms with Gasteiger partial charge in [-0.3, -0.25) is 14.5 Å². The topological polar surface area (TPSA) is 75.4 Å². The Labute approximate surface area is 145 Å². The lowest BCUT2D eigenvalue weighted by atomic mass is 9.94. The fraction of sp³-hybridized carbons (Fsp3) is 0.263. The van der Waals surface area contributed by atoms with Gasteiger partial charge < -0.3 is 11.1 Å². The first-order valence-corrected chi connectivity index (χ1v) is 8.22. The summed E-state index contributed by atoms with van der Waals surface area (Å²) in [6.07, 6.45) is 1.39. The van der Waals surface area contributed by atoms with E-state index in [0.717, 1.165) is 18.5 Å². The predicted octanol–water partition coefficient (Wildman–Crippen LogP) is 2.70. The summed E-state index contributed by atoms with van der Waals surface area (Å²) < 4.78 is 13.0.